The molecule has 3 heterocycles. The van der Waals surface area contributed by atoms with Crippen molar-refractivity contribution in [3.8, 4) is 34.5 Å². The van der Waals surface area contributed by atoms with Crippen LogP contribution in [-0.4, -0.2) is 81.8 Å². The number of methoxy groups -OCH3 is 4. The van der Waals surface area contributed by atoms with Gasteiger partial charge < -0.3 is 28.4 Å². The Hall–Kier alpha value is -5.00. The number of fused-ring (bicyclic) bond motifs is 1. The standard InChI is InChI=1S/C33H34N2O10/c1-40-20-13-18(14-21(41-2)30(20)43-4)26-28(32(38)34-11-7-5-9-24(34)36)27(29(26)33(39)35-12-8-6-10-25(35)37)19-15-22(42-3)31-23(16-19)44-17-45-31/h5-6,9-10,13-16,26-29H,7-8,11-12,17H2,1-4H3/t26?,27?,28-,29-/m1/s1. The Labute approximate surface area is 260 Å². The molecule has 45 heavy (non-hydrogen) atoms. The molecule has 0 N–H and O–H groups in total. The summed E-state index contributed by atoms with van der Waals surface area (Å²) in [4.78, 5) is 57.4. The molecule has 236 valence electrons. The summed E-state index contributed by atoms with van der Waals surface area (Å²) in [6, 6.07) is 6.87. The third-order valence-corrected chi connectivity index (χ3v) is 8.88. The van der Waals surface area contributed by atoms with Crippen molar-refractivity contribution in [3.63, 3.8) is 0 Å². The molecule has 0 aromatic heterocycles. The summed E-state index contributed by atoms with van der Waals surface area (Å²) >= 11 is 0. The summed E-state index contributed by atoms with van der Waals surface area (Å²) in [6.45, 7) is 0.400. The molecule has 1 aliphatic carbocycles. The molecule has 2 atom stereocenters. The van der Waals surface area contributed by atoms with Crippen LogP contribution in [0.3, 0.4) is 0 Å². The number of hydrogen-bond donors (Lipinski definition) is 0. The molecule has 12 heteroatoms. The van der Waals surface area contributed by atoms with Crippen molar-refractivity contribution in [2.45, 2.75) is 24.7 Å². The van der Waals surface area contributed by atoms with E-state index in [9.17, 15) is 19.2 Å². The first-order valence-corrected chi connectivity index (χ1v) is 14.6. The predicted molar refractivity (Wildman–Crippen MR) is 159 cm³/mol. The Morgan fingerprint density at radius 1 is 0.689 bits per heavy atom. The van der Waals surface area contributed by atoms with Crippen LogP contribution in [0.25, 0.3) is 0 Å². The van der Waals surface area contributed by atoms with Crippen molar-refractivity contribution in [2.24, 2.45) is 11.8 Å². The van der Waals surface area contributed by atoms with E-state index >= 15 is 0 Å². The van der Waals surface area contributed by atoms with Gasteiger partial charge in [-0.15, -0.1) is 0 Å². The number of imide groups is 2. The molecule has 0 radical (unpaired) electrons. The lowest BCUT2D eigenvalue weighted by Crippen LogP contribution is -2.59. The van der Waals surface area contributed by atoms with Crippen LogP contribution in [0.1, 0.15) is 35.8 Å². The summed E-state index contributed by atoms with van der Waals surface area (Å²) in [6.07, 6.45) is 7.25. The quantitative estimate of drug-likeness (QED) is 0.407. The zero-order chi connectivity index (χ0) is 31.8. The number of amides is 4. The number of rotatable bonds is 8. The third-order valence-electron chi connectivity index (χ3n) is 8.88. The number of benzene rings is 2. The van der Waals surface area contributed by atoms with E-state index in [1.807, 2.05) is 0 Å². The largest absolute Gasteiger partial charge is 0.493 e. The molecule has 4 aliphatic rings. The topological polar surface area (TPSA) is 130 Å². The highest BCUT2D eigenvalue weighted by atomic mass is 16.7. The fraction of sp³-hybridized carbons (Fsp3) is 0.394. The average Bonchev–Trinajstić information content (AvgIpc) is 3.52. The van der Waals surface area contributed by atoms with Gasteiger partial charge in [0.25, 0.3) is 11.8 Å². The van der Waals surface area contributed by atoms with E-state index < -0.39 is 47.3 Å². The molecular weight excluding hydrogens is 584 g/mol. The Bertz CT molecular complexity index is 1540. The second-order valence-electron chi connectivity index (χ2n) is 11.1. The maximum Gasteiger partial charge on any atom is 0.252 e. The van der Waals surface area contributed by atoms with Gasteiger partial charge in [-0.2, -0.15) is 0 Å². The van der Waals surface area contributed by atoms with Crippen molar-refractivity contribution in [1.29, 1.82) is 0 Å². The number of carbonyl (C=O) groups excluding carboxylic acids is 4. The van der Waals surface area contributed by atoms with Crippen LogP contribution in [0.2, 0.25) is 0 Å². The molecule has 4 amide bonds. The molecule has 0 bridgehead atoms. The third kappa shape index (κ3) is 5.03. The van der Waals surface area contributed by atoms with E-state index in [2.05, 4.69) is 0 Å². The minimum Gasteiger partial charge on any atom is -0.493 e. The zero-order valence-electron chi connectivity index (χ0n) is 25.4. The van der Waals surface area contributed by atoms with E-state index in [1.54, 1.807) is 36.4 Å². The Kier molecular flexibility index (Phi) is 8.13. The first kappa shape index (κ1) is 30.0. The van der Waals surface area contributed by atoms with Gasteiger partial charge in [0, 0.05) is 24.9 Å². The maximum absolute atomic E-state index is 14.5. The summed E-state index contributed by atoms with van der Waals surface area (Å²) in [5.41, 5.74) is 1.14. The summed E-state index contributed by atoms with van der Waals surface area (Å²) < 4.78 is 33.7. The second kappa shape index (κ2) is 12.2. The highest BCUT2D eigenvalue weighted by Gasteiger charge is 2.61. The first-order valence-electron chi connectivity index (χ1n) is 14.6. The van der Waals surface area contributed by atoms with E-state index in [-0.39, 0.29) is 19.9 Å². The Morgan fingerprint density at radius 2 is 1.18 bits per heavy atom. The summed E-state index contributed by atoms with van der Waals surface area (Å²) in [5.74, 6) is -2.79. The first-order chi connectivity index (χ1) is 21.8. The summed E-state index contributed by atoms with van der Waals surface area (Å²) in [5, 5.41) is 0. The molecule has 2 aromatic carbocycles. The van der Waals surface area contributed by atoms with Crippen LogP contribution >= 0.6 is 0 Å². The molecule has 6 rings (SSSR count). The lowest BCUT2D eigenvalue weighted by molar-refractivity contribution is -0.157. The number of carbonyl (C=O) groups is 4. The van der Waals surface area contributed by atoms with Gasteiger partial charge in [0.05, 0.1) is 40.3 Å². The van der Waals surface area contributed by atoms with Crippen LogP contribution in [0.4, 0.5) is 0 Å². The van der Waals surface area contributed by atoms with Gasteiger partial charge in [0.2, 0.25) is 30.1 Å². The number of hydrogen-bond acceptors (Lipinski definition) is 10. The van der Waals surface area contributed by atoms with Crippen molar-refractivity contribution in [2.75, 3.05) is 48.3 Å². The monoisotopic (exact) mass is 618 g/mol. The van der Waals surface area contributed by atoms with Crippen LogP contribution in [0.15, 0.2) is 48.6 Å². The molecule has 0 unspecified atom stereocenters. The molecule has 3 aliphatic heterocycles. The van der Waals surface area contributed by atoms with Crippen LogP contribution in [0, 0.1) is 11.8 Å². The Morgan fingerprint density at radius 3 is 1.64 bits per heavy atom. The highest BCUT2D eigenvalue weighted by molar-refractivity contribution is 6.06. The van der Waals surface area contributed by atoms with E-state index in [4.69, 9.17) is 28.4 Å². The molecule has 0 saturated heterocycles. The van der Waals surface area contributed by atoms with Crippen LogP contribution < -0.4 is 28.4 Å². The van der Waals surface area contributed by atoms with Crippen LogP contribution in [-0.2, 0) is 19.2 Å². The fourth-order valence-electron chi connectivity index (χ4n) is 6.80. The molecule has 2 aromatic rings. The Balaban J connectivity index is 1.55. The average molecular weight is 619 g/mol. The lowest BCUT2D eigenvalue weighted by Gasteiger charge is -2.52. The predicted octanol–water partition coefficient (Wildman–Crippen LogP) is 3.19. The number of ether oxygens (including phenoxy) is 6. The van der Waals surface area contributed by atoms with Gasteiger partial charge in [-0.3, -0.25) is 29.0 Å². The van der Waals surface area contributed by atoms with Crippen molar-refractivity contribution in [3.05, 3.63) is 59.7 Å². The maximum atomic E-state index is 14.5. The smallest absolute Gasteiger partial charge is 0.252 e. The van der Waals surface area contributed by atoms with Crippen molar-refractivity contribution >= 4 is 23.6 Å². The summed E-state index contributed by atoms with van der Waals surface area (Å²) in [7, 11) is 5.93. The van der Waals surface area contributed by atoms with Gasteiger partial charge in [0.1, 0.15) is 0 Å². The van der Waals surface area contributed by atoms with Gasteiger partial charge in [-0.25, -0.2) is 0 Å². The minimum absolute atomic E-state index is 0.0121. The van der Waals surface area contributed by atoms with E-state index in [1.165, 1.54) is 50.4 Å². The SMILES string of the molecule is COc1cc(C2[C@@H](C(=O)N3CCC=CC3=O)C(c3cc(OC)c4c(c3)OCO4)[C@@H]2C(=O)N2CCC=CC2=O)cc(OC)c1OC. The van der Waals surface area contributed by atoms with Crippen LogP contribution in [0.5, 0.6) is 34.5 Å². The van der Waals surface area contributed by atoms with Gasteiger partial charge in [-0.1, -0.05) is 12.2 Å². The fourth-order valence-corrected chi connectivity index (χ4v) is 6.80. The van der Waals surface area contributed by atoms with Crippen molar-refractivity contribution < 1.29 is 47.6 Å². The second-order valence-corrected chi connectivity index (χ2v) is 11.1. The molecule has 12 nitrogen and oxygen atoms in total. The van der Waals surface area contributed by atoms with Gasteiger partial charge in [0.15, 0.2) is 23.0 Å². The lowest BCUT2D eigenvalue weighted by atomic mass is 9.51. The van der Waals surface area contributed by atoms with E-state index in [0.717, 1.165) is 0 Å². The molecule has 1 fully saturated rings. The van der Waals surface area contributed by atoms with Crippen molar-refractivity contribution in [1.82, 2.24) is 9.80 Å². The zero-order valence-corrected chi connectivity index (χ0v) is 25.4. The minimum atomic E-state index is -0.891. The van der Waals surface area contributed by atoms with Gasteiger partial charge >= 0.3 is 0 Å². The van der Waals surface area contributed by atoms with E-state index in [0.29, 0.717) is 58.5 Å². The molecule has 0 spiro atoms. The highest BCUT2D eigenvalue weighted by Crippen LogP contribution is 2.61. The number of nitrogens with zero attached hydrogens (tertiary/aromatic N) is 2. The van der Waals surface area contributed by atoms with Gasteiger partial charge in [-0.05, 0) is 60.4 Å². The molecular formula is C33H34N2O10. The molecule has 1 saturated carbocycles. The normalized spacial score (nSPS) is 23.5.